The number of hydrogen-bond donors (Lipinski definition) is 9. The summed E-state index contributed by atoms with van der Waals surface area (Å²) in [5.74, 6) is -1.42. The van der Waals surface area contributed by atoms with Crippen molar-refractivity contribution in [2.24, 2.45) is 5.92 Å². The second kappa shape index (κ2) is 57.6. The molecule has 2 amide bonds. The van der Waals surface area contributed by atoms with Crippen LogP contribution >= 0.6 is 16.5 Å². The van der Waals surface area contributed by atoms with E-state index in [0.29, 0.717) is 25.7 Å². The molecule has 0 spiro atoms. The van der Waals surface area contributed by atoms with Gasteiger partial charge in [-0.25, -0.2) is 14.4 Å². The standard InChI is InChI=1S/C66H125N2O16P.HO3P/c1-5-9-13-17-20-23-24-25-26-27-28-30-32-36-40-44-57(72)67-59-63(80-49-46-53(51-70)42-38-34-16-12-8-4)61(74)55(45-47-69)82-65(59)81-52-56-62(75)64(79-48-41-37-33-22-19-15-11-7-3)60(66(83-56)84-85(76,77)78)68-58(73)50-54(71)43-39-35-31-29-21-18-14-10-6-2;1-3-4-2/h23-24,53,55-56,59-66,69-70,74-75H,5-22,25-52H2,1-4H3,(H,67,72)(H,68,73)(H2,76,77,78);1H/b24-23-;/t53-,55-,56-,59?,60?,61-,62-,63-,64-,65-,66-;/m1./s1. The van der Waals surface area contributed by atoms with Crippen molar-refractivity contribution in [3.05, 3.63) is 12.2 Å². The molecule has 0 saturated carbocycles. The number of unbranched alkanes of at least 4 members (excludes halogenated alkanes) is 30. The van der Waals surface area contributed by atoms with Gasteiger partial charge in [0.2, 0.25) is 11.8 Å². The van der Waals surface area contributed by atoms with Gasteiger partial charge in [0.1, 0.15) is 48.4 Å². The van der Waals surface area contributed by atoms with Crippen LogP contribution < -0.4 is 10.6 Å². The summed E-state index contributed by atoms with van der Waals surface area (Å²) in [6.07, 6.45) is 32.0. The molecule has 89 heavy (non-hydrogen) atoms. The molecule has 524 valence electrons. The molecule has 9 N–H and O–H groups in total. The van der Waals surface area contributed by atoms with E-state index in [1.165, 1.54) is 57.8 Å². The number of aliphatic hydroxyl groups excluding tert-OH is 4. The van der Waals surface area contributed by atoms with Crippen molar-refractivity contribution in [3.63, 3.8) is 0 Å². The molecule has 0 radical (unpaired) electrons. The van der Waals surface area contributed by atoms with E-state index in [-0.39, 0.29) is 63.3 Å². The Morgan fingerprint density at radius 3 is 1.47 bits per heavy atom. The molecular weight excluding hydrogens is 1190 g/mol. The van der Waals surface area contributed by atoms with Gasteiger partial charge < -0.3 is 64.5 Å². The number of aliphatic hydroxyl groups is 4. The van der Waals surface area contributed by atoms with E-state index in [1.54, 1.807) is 0 Å². The van der Waals surface area contributed by atoms with E-state index >= 15 is 0 Å². The lowest BCUT2D eigenvalue weighted by atomic mass is 9.93. The van der Waals surface area contributed by atoms with Crippen LogP contribution in [0.1, 0.15) is 291 Å². The van der Waals surface area contributed by atoms with Crippen molar-refractivity contribution in [1.29, 1.82) is 0 Å². The van der Waals surface area contributed by atoms with Crippen LogP contribution in [-0.4, -0.2) is 147 Å². The van der Waals surface area contributed by atoms with Gasteiger partial charge >= 0.3 is 16.5 Å². The number of amides is 2. The minimum absolute atomic E-state index is 0.0209. The number of carbonyl (C=O) groups excluding carboxylic acids is 3. The van der Waals surface area contributed by atoms with Gasteiger partial charge in [-0.3, -0.25) is 18.9 Å². The van der Waals surface area contributed by atoms with Gasteiger partial charge in [-0.1, -0.05) is 220 Å². The van der Waals surface area contributed by atoms with Gasteiger partial charge in [0.25, 0.3) is 0 Å². The Bertz CT molecular complexity index is 1790. The summed E-state index contributed by atoms with van der Waals surface area (Å²) >= 11 is 0. The predicted octanol–water partition coefficient (Wildman–Crippen LogP) is 13.5. The average molecular weight is 1310 g/mol. The van der Waals surface area contributed by atoms with Crippen molar-refractivity contribution in [1.82, 2.24) is 10.6 Å². The zero-order chi connectivity index (χ0) is 65.6. The van der Waals surface area contributed by atoms with Crippen LogP contribution in [0.15, 0.2) is 12.2 Å². The molecule has 2 saturated heterocycles. The summed E-state index contributed by atoms with van der Waals surface area (Å²) in [5.41, 5.74) is 0. The molecule has 0 aromatic carbocycles. The number of nitrogens with one attached hydrogen (secondary N) is 2. The first-order chi connectivity index (χ1) is 43.1. The van der Waals surface area contributed by atoms with Gasteiger partial charge in [-0.05, 0) is 70.1 Å². The summed E-state index contributed by atoms with van der Waals surface area (Å²) in [6.45, 7) is 8.07. The van der Waals surface area contributed by atoms with E-state index < -0.39 is 96.7 Å². The minimum Gasteiger partial charge on any atom is -0.396 e. The minimum atomic E-state index is -5.34. The molecule has 0 aliphatic carbocycles. The quantitative estimate of drug-likeness (QED) is 0.00682. The van der Waals surface area contributed by atoms with Crippen molar-refractivity contribution in [2.75, 3.05) is 33.0 Å². The molecule has 0 bridgehead atoms. The maximum Gasteiger partial charge on any atom is 0.472 e. The summed E-state index contributed by atoms with van der Waals surface area (Å²) < 4.78 is 61.2. The highest BCUT2D eigenvalue weighted by molar-refractivity contribution is 7.46. The van der Waals surface area contributed by atoms with Crippen LogP contribution in [0.4, 0.5) is 0 Å². The second-order valence-corrected chi connectivity index (χ2v) is 26.2. The summed E-state index contributed by atoms with van der Waals surface area (Å²) in [5, 5.41) is 57.2. The van der Waals surface area contributed by atoms with Crippen molar-refractivity contribution < 1.29 is 91.9 Å². The van der Waals surface area contributed by atoms with Gasteiger partial charge in [-0.2, -0.15) is 0 Å². The molecule has 2 rings (SSSR count). The number of hydrogen-bond acceptors (Lipinski definition) is 17. The Morgan fingerprint density at radius 2 is 0.966 bits per heavy atom. The highest BCUT2D eigenvalue weighted by atomic mass is 31.2. The number of phosphoric ester groups is 1. The van der Waals surface area contributed by atoms with Gasteiger partial charge in [0.05, 0.1) is 19.1 Å². The topological polar surface area (TPSA) is 316 Å². The number of carbonyl (C=O) groups is 3. The lowest BCUT2D eigenvalue weighted by Crippen LogP contribution is -2.67. The molecule has 0 aromatic rings. The normalized spacial score (nSPS) is 22.5. The summed E-state index contributed by atoms with van der Waals surface area (Å²) in [6, 6.07) is -2.60. The summed E-state index contributed by atoms with van der Waals surface area (Å²) in [7, 11) is -6.04. The Morgan fingerprint density at radius 1 is 0.539 bits per heavy atom. The predicted molar refractivity (Wildman–Crippen MR) is 347 cm³/mol. The van der Waals surface area contributed by atoms with E-state index in [1.807, 2.05) is 0 Å². The molecule has 21 nitrogen and oxygen atoms in total. The number of rotatable bonds is 58. The number of ketones is 1. The number of allylic oxidation sites excluding steroid dienone is 2. The van der Waals surface area contributed by atoms with E-state index in [9.17, 15) is 49.2 Å². The Balaban J connectivity index is 0.00000958. The fourth-order valence-electron chi connectivity index (χ4n) is 11.5. The third-order valence-corrected chi connectivity index (χ3v) is 17.4. The fraction of sp³-hybridized carbons (Fsp3) is 0.924. The monoisotopic (exact) mass is 1310 g/mol. The van der Waals surface area contributed by atoms with E-state index in [4.69, 9.17) is 38.0 Å². The van der Waals surface area contributed by atoms with Gasteiger partial charge in [0, 0.05) is 39.3 Å². The number of phosphoric acid groups is 1. The van der Waals surface area contributed by atoms with E-state index in [2.05, 4.69) is 55.2 Å². The van der Waals surface area contributed by atoms with Crippen LogP contribution in [0.2, 0.25) is 0 Å². The summed E-state index contributed by atoms with van der Waals surface area (Å²) in [4.78, 5) is 61.1. The molecule has 0 aromatic heterocycles. The van der Waals surface area contributed by atoms with Gasteiger partial charge in [0.15, 0.2) is 12.6 Å². The van der Waals surface area contributed by atoms with Gasteiger partial charge in [-0.15, -0.1) is 4.67 Å². The maximum atomic E-state index is 13.9. The number of ether oxygens (including phenoxy) is 5. The molecule has 2 heterocycles. The third-order valence-electron chi connectivity index (χ3n) is 16.8. The largest absolute Gasteiger partial charge is 0.472 e. The highest BCUT2D eigenvalue weighted by Gasteiger charge is 2.51. The molecule has 23 heteroatoms. The molecule has 2 aliphatic heterocycles. The van der Waals surface area contributed by atoms with Crippen molar-refractivity contribution >= 4 is 34.1 Å². The van der Waals surface area contributed by atoms with Crippen LogP contribution in [0, 0.1) is 5.92 Å². The number of Topliss-reactive ketones (excluding diaryl/α,β-unsaturated/α-hetero) is 1. The molecule has 2 aliphatic rings. The Labute approximate surface area is 537 Å². The third kappa shape index (κ3) is 43.7. The van der Waals surface area contributed by atoms with E-state index in [0.717, 1.165) is 154 Å². The lowest BCUT2D eigenvalue weighted by Gasteiger charge is -2.47. The van der Waals surface area contributed by atoms with Crippen LogP contribution in [0.25, 0.3) is 0 Å². The first-order valence-corrected chi connectivity index (χ1v) is 37.3. The molecule has 2 unspecified atom stereocenters. The van der Waals surface area contributed by atoms with Crippen LogP contribution in [0.5, 0.6) is 0 Å². The SMILES string of the molecule is CCCCCC/C=C\CCCCCCCCCC(=O)NC1[C@H](OC[C@H]2O[C@H](OP(=O)(O)O)C(NC(=O)CC(=O)CCCCCCCCCCC)[C@@H](OCCCCCCCCCC)[C@@H]2O)O[C@H](CCO)[C@@H](O)[C@@H]1OCC[C@H](CO)CCCCCCC.O=POO. The van der Waals surface area contributed by atoms with Crippen molar-refractivity contribution in [3.8, 4) is 0 Å². The Hall–Kier alpha value is -1.88. The first-order valence-electron chi connectivity index (χ1n) is 35.0. The second-order valence-electron chi connectivity index (χ2n) is 24.7. The highest BCUT2D eigenvalue weighted by Crippen LogP contribution is 2.41. The lowest BCUT2D eigenvalue weighted by molar-refractivity contribution is -0.300. The Kier molecular flexibility index (Phi) is 55.1. The zero-order valence-corrected chi connectivity index (χ0v) is 57.2. The molecular formula is C66H126N2O19P2. The fourth-order valence-corrected chi connectivity index (χ4v) is 12.0. The van der Waals surface area contributed by atoms with Crippen molar-refractivity contribution in [2.45, 2.75) is 352 Å². The van der Waals surface area contributed by atoms with Crippen LogP contribution in [-0.2, 0) is 56.4 Å². The first kappa shape index (κ1) is 85.1. The average Bonchev–Trinajstić information content (AvgIpc) is 1.18. The smallest absolute Gasteiger partial charge is 0.396 e. The maximum absolute atomic E-state index is 13.9. The molecule has 2 fully saturated rings. The van der Waals surface area contributed by atoms with Crippen LogP contribution in [0.3, 0.4) is 0 Å². The molecule has 11 atom stereocenters. The zero-order valence-electron chi connectivity index (χ0n) is 55.5.